The number of aliphatic hydroxyl groups is 1. The molecule has 1 unspecified atom stereocenters. The molecule has 0 saturated carbocycles. The van der Waals surface area contributed by atoms with Gasteiger partial charge in [-0.1, -0.05) is 51.7 Å². The minimum atomic E-state index is -0.701. The van der Waals surface area contributed by atoms with Crippen molar-refractivity contribution in [2.24, 2.45) is 0 Å². The average molecular weight is 452 g/mol. The van der Waals surface area contributed by atoms with Crippen LogP contribution in [0.4, 0.5) is 0 Å². The Bertz CT molecular complexity index is 979. The van der Waals surface area contributed by atoms with Gasteiger partial charge in [-0.3, -0.25) is 9.59 Å². The summed E-state index contributed by atoms with van der Waals surface area (Å²) in [6, 6.07) is 12.6. The molecule has 1 atom stereocenters. The number of hydrogen-bond donors (Lipinski definition) is 2. The molecule has 1 fully saturated rings. The smallest absolute Gasteiger partial charge is 0.295 e. The van der Waals surface area contributed by atoms with E-state index >= 15 is 0 Å². The Morgan fingerprint density at radius 2 is 1.55 bits per heavy atom. The van der Waals surface area contributed by atoms with Gasteiger partial charge in [0.1, 0.15) is 17.3 Å². The number of carbonyl (C=O) groups excluding carboxylic acids is 2. The van der Waals surface area contributed by atoms with Crippen molar-refractivity contribution in [2.45, 2.75) is 58.4 Å². The zero-order chi connectivity index (χ0) is 23.8. The zero-order valence-corrected chi connectivity index (χ0v) is 19.4. The number of ketones is 1. The van der Waals surface area contributed by atoms with E-state index in [0.29, 0.717) is 30.0 Å². The van der Waals surface area contributed by atoms with E-state index in [-0.39, 0.29) is 17.1 Å². The molecule has 33 heavy (non-hydrogen) atoms. The summed E-state index contributed by atoms with van der Waals surface area (Å²) in [5.74, 6) is -0.723. The van der Waals surface area contributed by atoms with Crippen LogP contribution in [0, 0.1) is 0 Å². The fraction of sp³-hybridized carbons (Fsp3) is 0.407. The molecule has 0 spiro atoms. The number of phenolic OH excluding ortho intramolecular Hbond substituents is 1. The highest BCUT2D eigenvalue weighted by atomic mass is 16.5. The number of aliphatic hydroxyl groups excluding tert-OH is 1. The highest BCUT2D eigenvalue weighted by molar-refractivity contribution is 6.46. The molecule has 0 aliphatic carbocycles. The van der Waals surface area contributed by atoms with Crippen LogP contribution < -0.4 is 4.74 Å². The molecule has 3 rings (SSSR count). The van der Waals surface area contributed by atoms with E-state index < -0.39 is 17.7 Å². The number of phenols is 1. The van der Waals surface area contributed by atoms with Crippen LogP contribution in [-0.2, 0) is 9.59 Å². The highest BCUT2D eigenvalue weighted by Gasteiger charge is 2.45. The molecule has 1 saturated heterocycles. The number of likely N-dealkylation sites (tertiary alicyclic amines) is 1. The van der Waals surface area contributed by atoms with Crippen molar-refractivity contribution in [3.05, 3.63) is 65.2 Å². The molecule has 2 aromatic rings. The molecule has 1 amide bonds. The molecule has 2 N–H and O–H groups in total. The van der Waals surface area contributed by atoms with Gasteiger partial charge in [0, 0.05) is 12.1 Å². The van der Waals surface area contributed by atoms with Crippen LogP contribution in [0.1, 0.15) is 69.5 Å². The standard InChI is InChI=1S/C27H33NO5/c1-3-5-7-17-28-24(19-9-13-21(29)14-10-19)23(26(31)27(28)32)25(30)20-11-15-22(16-12-20)33-18-8-6-4-2/h9-16,24,29-30H,3-8,17-18H2,1-2H3/b25-23-. The van der Waals surface area contributed by atoms with Gasteiger partial charge in [-0.2, -0.15) is 0 Å². The Balaban J connectivity index is 1.93. The first kappa shape index (κ1) is 24.4. The summed E-state index contributed by atoms with van der Waals surface area (Å²) in [7, 11) is 0. The summed E-state index contributed by atoms with van der Waals surface area (Å²) in [5.41, 5.74) is 1.19. The number of rotatable bonds is 11. The van der Waals surface area contributed by atoms with Crippen LogP contribution >= 0.6 is 0 Å². The minimum absolute atomic E-state index is 0.0683. The quantitative estimate of drug-likeness (QED) is 0.202. The van der Waals surface area contributed by atoms with Crippen LogP contribution in [0.5, 0.6) is 11.5 Å². The molecule has 1 aliphatic rings. The van der Waals surface area contributed by atoms with Crippen molar-refractivity contribution in [3.8, 4) is 11.5 Å². The lowest BCUT2D eigenvalue weighted by Crippen LogP contribution is -2.30. The van der Waals surface area contributed by atoms with E-state index in [0.717, 1.165) is 38.5 Å². The van der Waals surface area contributed by atoms with E-state index in [1.54, 1.807) is 36.4 Å². The topological polar surface area (TPSA) is 87.1 Å². The van der Waals surface area contributed by atoms with Gasteiger partial charge in [0.15, 0.2) is 0 Å². The fourth-order valence-electron chi connectivity index (χ4n) is 4.05. The number of nitrogens with zero attached hydrogens (tertiary/aromatic N) is 1. The molecule has 176 valence electrons. The molecular formula is C27H33NO5. The van der Waals surface area contributed by atoms with Gasteiger partial charge in [-0.15, -0.1) is 0 Å². The Hall–Kier alpha value is -3.28. The molecule has 1 heterocycles. The fourth-order valence-corrected chi connectivity index (χ4v) is 4.05. The minimum Gasteiger partial charge on any atom is -0.508 e. The third-order valence-corrected chi connectivity index (χ3v) is 5.90. The molecule has 6 nitrogen and oxygen atoms in total. The first-order valence-corrected chi connectivity index (χ1v) is 11.8. The molecule has 0 bridgehead atoms. The van der Waals surface area contributed by atoms with Crippen LogP contribution in [0.25, 0.3) is 5.76 Å². The van der Waals surface area contributed by atoms with E-state index in [1.165, 1.54) is 17.0 Å². The summed E-state index contributed by atoms with van der Waals surface area (Å²) in [6.07, 6.45) is 5.89. The van der Waals surface area contributed by atoms with E-state index in [4.69, 9.17) is 4.74 Å². The van der Waals surface area contributed by atoms with Crippen molar-refractivity contribution in [2.75, 3.05) is 13.2 Å². The van der Waals surface area contributed by atoms with Crippen molar-refractivity contribution in [3.63, 3.8) is 0 Å². The third kappa shape index (κ3) is 5.75. The maximum atomic E-state index is 13.0. The van der Waals surface area contributed by atoms with Gasteiger partial charge in [0.05, 0.1) is 18.2 Å². The molecular weight excluding hydrogens is 418 g/mol. The second-order valence-electron chi connectivity index (χ2n) is 8.37. The van der Waals surface area contributed by atoms with E-state index in [1.807, 2.05) is 0 Å². The number of hydrogen-bond acceptors (Lipinski definition) is 5. The largest absolute Gasteiger partial charge is 0.508 e. The van der Waals surface area contributed by atoms with Gasteiger partial charge in [-0.25, -0.2) is 0 Å². The van der Waals surface area contributed by atoms with Gasteiger partial charge >= 0.3 is 0 Å². The zero-order valence-electron chi connectivity index (χ0n) is 19.4. The SMILES string of the molecule is CCCCCOc1ccc(/C(O)=C2/C(=O)C(=O)N(CCCCC)C2c2ccc(O)cc2)cc1. The maximum absolute atomic E-state index is 13.0. The van der Waals surface area contributed by atoms with Crippen molar-refractivity contribution < 1.29 is 24.5 Å². The van der Waals surface area contributed by atoms with Gasteiger partial charge in [-0.05, 0) is 54.8 Å². The predicted octanol–water partition coefficient (Wildman–Crippen LogP) is 5.57. The second kappa shape index (κ2) is 11.5. The molecule has 0 radical (unpaired) electrons. The first-order valence-electron chi connectivity index (χ1n) is 11.8. The number of benzene rings is 2. The van der Waals surface area contributed by atoms with Crippen molar-refractivity contribution in [1.82, 2.24) is 4.90 Å². The van der Waals surface area contributed by atoms with Gasteiger partial charge < -0.3 is 19.8 Å². The number of unbranched alkanes of at least 4 members (excludes halogenated alkanes) is 4. The Labute approximate surface area is 195 Å². The lowest BCUT2D eigenvalue weighted by molar-refractivity contribution is -0.139. The summed E-state index contributed by atoms with van der Waals surface area (Å²) in [4.78, 5) is 27.4. The Morgan fingerprint density at radius 1 is 0.909 bits per heavy atom. The second-order valence-corrected chi connectivity index (χ2v) is 8.37. The lowest BCUT2D eigenvalue weighted by Gasteiger charge is -2.25. The normalized spacial score (nSPS) is 17.5. The average Bonchev–Trinajstić information content (AvgIpc) is 3.07. The number of Topliss-reactive ketones (excluding diaryl/α,β-unsaturated/α-hetero) is 1. The third-order valence-electron chi connectivity index (χ3n) is 5.90. The van der Waals surface area contributed by atoms with E-state index in [9.17, 15) is 19.8 Å². The monoisotopic (exact) mass is 451 g/mol. The van der Waals surface area contributed by atoms with Crippen LogP contribution in [0.3, 0.4) is 0 Å². The number of carbonyl (C=O) groups is 2. The van der Waals surface area contributed by atoms with Gasteiger partial charge in [0.2, 0.25) is 0 Å². The van der Waals surface area contributed by atoms with Gasteiger partial charge in [0.25, 0.3) is 11.7 Å². The maximum Gasteiger partial charge on any atom is 0.295 e. The molecule has 6 heteroatoms. The lowest BCUT2D eigenvalue weighted by atomic mass is 9.95. The molecule has 2 aromatic carbocycles. The van der Waals surface area contributed by atoms with Crippen molar-refractivity contribution in [1.29, 1.82) is 0 Å². The van der Waals surface area contributed by atoms with Crippen LogP contribution in [0.15, 0.2) is 54.1 Å². The highest BCUT2D eigenvalue weighted by Crippen LogP contribution is 2.40. The number of amides is 1. The molecule has 0 aromatic heterocycles. The Kier molecular flexibility index (Phi) is 8.52. The number of aromatic hydroxyl groups is 1. The van der Waals surface area contributed by atoms with E-state index in [2.05, 4.69) is 13.8 Å². The molecule has 1 aliphatic heterocycles. The Morgan fingerprint density at radius 3 is 2.18 bits per heavy atom. The first-order chi connectivity index (χ1) is 16.0. The van der Waals surface area contributed by atoms with Crippen LogP contribution in [0.2, 0.25) is 0 Å². The van der Waals surface area contributed by atoms with Crippen LogP contribution in [-0.4, -0.2) is 40.0 Å². The summed E-state index contributed by atoms with van der Waals surface area (Å²) >= 11 is 0. The number of ether oxygens (including phenoxy) is 1. The predicted molar refractivity (Wildman–Crippen MR) is 128 cm³/mol. The summed E-state index contributed by atoms with van der Waals surface area (Å²) in [5, 5.41) is 20.8. The van der Waals surface area contributed by atoms with Crippen molar-refractivity contribution >= 4 is 17.4 Å². The summed E-state index contributed by atoms with van der Waals surface area (Å²) in [6.45, 7) is 5.26. The summed E-state index contributed by atoms with van der Waals surface area (Å²) < 4.78 is 5.73.